The number of likely N-dealkylation sites (tertiary alicyclic amines) is 1. The van der Waals surface area contributed by atoms with Crippen molar-refractivity contribution in [2.75, 3.05) is 19.9 Å². The van der Waals surface area contributed by atoms with Crippen molar-refractivity contribution in [2.45, 2.75) is 18.6 Å². The molecule has 0 atom stereocenters. The molecule has 2 aromatic carbocycles. The van der Waals surface area contributed by atoms with Crippen LogP contribution < -0.4 is 15.0 Å². The third kappa shape index (κ3) is 3.06. The van der Waals surface area contributed by atoms with Crippen LogP contribution in [0, 0.1) is 0 Å². The second kappa shape index (κ2) is 6.68. The van der Waals surface area contributed by atoms with Crippen molar-refractivity contribution in [2.24, 2.45) is 4.99 Å². The van der Waals surface area contributed by atoms with E-state index in [-0.39, 0.29) is 12.7 Å². The molecule has 7 nitrogen and oxygen atoms in total. The quantitative estimate of drug-likeness (QED) is 0.840. The predicted octanol–water partition coefficient (Wildman–Crippen LogP) is 2.98. The van der Waals surface area contributed by atoms with Crippen molar-refractivity contribution in [3.8, 4) is 11.5 Å². The first-order valence-electron chi connectivity index (χ1n) is 9.11. The van der Waals surface area contributed by atoms with Crippen molar-refractivity contribution in [3.05, 3.63) is 58.6 Å². The highest BCUT2D eigenvalue weighted by molar-refractivity contribution is 6.30. The van der Waals surface area contributed by atoms with E-state index in [9.17, 15) is 4.79 Å². The Kier molecular flexibility index (Phi) is 4.14. The second-order valence-corrected chi connectivity index (χ2v) is 7.41. The molecule has 0 bridgehead atoms. The minimum atomic E-state index is -0.638. The lowest BCUT2D eigenvalue weighted by Crippen LogP contribution is -2.46. The number of rotatable bonds is 2. The molecule has 1 fully saturated rings. The van der Waals surface area contributed by atoms with E-state index in [2.05, 4.69) is 5.48 Å². The van der Waals surface area contributed by atoms with Gasteiger partial charge in [-0.2, -0.15) is 0 Å². The van der Waals surface area contributed by atoms with Crippen molar-refractivity contribution in [3.63, 3.8) is 0 Å². The molecular formula is C20H18ClN3O4. The van der Waals surface area contributed by atoms with Crippen LogP contribution in [-0.4, -0.2) is 42.3 Å². The van der Waals surface area contributed by atoms with Gasteiger partial charge in [-0.25, -0.2) is 15.3 Å². The SMILES string of the molecule is O=C(c1ccc2c(c1)OCO2)N1CCC2(CC1)N=C(c1ccc(Cl)cc1)NO2. The number of hydrogen-bond donors (Lipinski definition) is 1. The largest absolute Gasteiger partial charge is 0.454 e. The first-order valence-corrected chi connectivity index (χ1v) is 9.48. The Morgan fingerprint density at radius 2 is 1.82 bits per heavy atom. The summed E-state index contributed by atoms with van der Waals surface area (Å²) in [6, 6.07) is 12.7. The third-order valence-corrected chi connectivity index (χ3v) is 5.47. The van der Waals surface area contributed by atoms with Crippen molar-refractivity contribution in [1.82, 2.24) is 10.4 Å². The fourth-order valence-electron chi connectivity index (χ4n) is 3.61. The number of ether oxygens (including phenoxy) is 2. The number of nitrogens with zero attached hydrogens (tertiary/aromatic N) is 2. The van der Waals surface area contributed by atoms with Gasteiger partial charge < -0.3 is 14.4 Å². The van der Waals surface area contributed by atoms with Gasteiger partial charge >= 0.3 is 0 Å². The normalized spacial score (nSPS) is 19.5. The molecule has 5 rings (SSSR count). The van der Waals surface area contributed by atoms with Crippen LogP contribution >= 0.6 is 11.6 Å². The number of aliphatic imine (C=N–C) groups is 1. The maximum Gasteiger partial charge on any atom is 0.253 e. The second-order valence-electron chi connectivity index (χ2n) is 6.98. The number of benzene rings is 2. The molecule has 3 aliphatic rings. The van der Waals surface area contributed by atoms with E-state index in [0.29, 0.717) is 53.9 Å². The van der Waals surface area contributed by atoms with Gasteiger partial charge in [-0.15, -0.1) is 0 Å². The Balaban J connectivity index is 1.27. The predicted molar refractivity (Wildman–Crippen MR) is 103 cm³/mol. The first kappa shape index (κ1) is 17.3. The molecule has 3 heterocycles. The minimum absolute atomic E-state index is 0.0268. The lowest BCUT2D eigenvalue weighted by Gasteiger charge is -2.35. The first-order chi connectivity index (χ1) is 13.6. The minimum Gasteiger partial charge on any atom is -0.454 e. The average molecular weight is 400 g/mol. The zero-order valence-electron chi connectivity index (χ0n) is 15.0. The number of halogens is 1. The van der Waals surface area contributed by atoms with Crippen molar-refractivity contribution < 1.29 is 19.1 Å². The van der Waals surface area contributed by atoms with Crippen LogP contribution in [0.5, 0.6) is 11.5 Å². The Hall–Kier alpha value is -2.77. The van der Waals surface area contributed by atoms with Crippen molar-refractivity contribution in [1.29, 1.82) is 0 Å². The average Bonchev–Trinajstić information content (AvgIpc) is 3.35. The lowest BCUT2D eigenvalue weighted by molar-refractivity contribution is -0.0849. The highest BCUT2D eigenvalue weighted by atomic mass is 35.5. The van der Waals surface area contributed by atoms with Crippen LogP contribution in [0.15, 0.2) is 47.5 Å². The van der Waals surface area contributed by atoms with Gasteiger partial charge in [0.15, 0.2) is 23.1 Å². The number of hydrogen-bond acceptors (Lipinski definition) is 6. The molecule has 0 aromatic heterocycles. The summed E-state index contributed by atoms with van der Waals surface area (Å²) in [5.74, 6) is 1.94. The summed E-state index contributed by atoms with van der Waals surface area (Å²) in [4.78, 5) is 25.2. The maximum atomic E-state index is 12.8. The number of carbonyl (C=O) groups excluding carboxylic acids is 1. The van der Waals surface area contributed by atoms with E-state index < -0.39 is 5.72 Å². The monoisotopic (exact) mass is 399 g/mol. The van der Waals surface area contributed by atoms with E-state index >= 15 is 0 Å². The smallest absolute Gasteiger partial charge is 0.253 e. The van der Waals surface area contributed by atoms with Crippen molar-refractivity contribution >= 4 is 23.3 Å². The fourth-order valence-corrected chi connectivity index (χ4v) is 3.74. The van der Waals surface area contributed by atoms with Crippen LogP contribution in [0.2, 0.25) is 5.02 Å². The number of piperidine rings is 1. The van der Waals surface area contributed by atoms with Crippen LogP contribution in [0.1, 0.15) is 28.8 Å². The van der Waals surface area contributed by atoms with Crippen LogP contribution in [0.4, 0.5) is 0 Å². The molecule has 8 heteroatoms. The maximum absolute atomic E-state index is 12.8. The molecule has 28 heavy (non-hydrogen) atoms. The molecule has 144 valence electrons. The summed E-state index contributed by atoms with van der Waals surface area (Å²) in [6.45, 7) is 1.32. The Bertz CT molecular complexity index is 952. The molecule has 2 aromatic rings. The standard InChI is InChI=1S/C20H18ClN3O4/c21-15-4-1-13(2-5-15)18-22-20(28-23-18)7-9-24(10-8-20)19(25)14-3-6-16-17(11-14)27-12-26-16/h1-6,11H,7-10,12H2,(H,22,23). The third-order valence-electron chi connectivity index (χ3n) is 5.22. The topological polar surface area (TPSA) is 72.4 Å². The molecule has 1 saturated heterocycles. The molecule has 0 radical (unpaired) electrons. The van der Waals surface area contributed by atoms with E-state index in [1.165, 1.54) is 0 Å². The van der Waals surface area contributed by atoms with Crippen LogP contribution in [0.25, 0.3) is 0 Å². The summed E-state index contributed by atoms with van der Waals surface area (Å²) in [7, 11) is 0. The molecule has 0 aliphatic carbocycles. The van der Waals surface area contributed by atoms with E-state index in [1.807, 2.05) is 29.2 Å². The lowest BCUT2D eigenvalue weighted by atomic mass is 10.00. The summed E-state index contributed by atoms with van der Waals surface area (Å²) in [5, 5.41) is 0.674. The fraction of sp³-hybridized carbons (Fsp3) is 0.300. The van der Waals surface area contributed by atoms with Crippen LogP contribution in [0.3, 0.4) is 0 Å². The zero-order chi connectivity index (χ0) is 19.1. The van der Waals surface area contributed by atoms with Crippen LogP contribution in [-0.2, 0) is 4.84 Å². The van der Waals surface area contributed by atoms with Gasteiger partial charge in [-0.1, -0.05) is 11.6 Å². The number of fused-ring (bicyclic) bond motifs is 1. The molecule has 1 N–H and O–H groups in total. The highest BCUT2D eigenvalue weighted by Crippen LogP contribution is 2.34. The van der Waals surface area contributed by atoms with Gasteiger partial charge in [-0.3, -0.25) is 4.79 Å². The summed E-state index contributed by atoms with van der Waals surface area (Å²) in [5.41, 5.74) is 3.80. The van der Waals surface area contributed by atoms with Gasteiger partial charge in [0.05, 0.1) is 0 Å². The zero-order valence-corrected chi connectivity index (χ0v) is 15.7. The van der Waals surface area contributed by atoms with E-state index in [4.69, 9.17) is 30.9 Å². The Labute approximate surface area is 166 Å². The molecule has 0 saturated carbocycles. The molecular weight excluding hydrogens is 382 g/mol. The van der Waals surface area contributed by atoms with Gasteiger partial charge in [0.25, 0.3) is 5.91 Å². The van der Waals surface area contributed by atoms with Gasteiger partial charge in [0.1, 0.15) is 0 Å². The molecule has 1 spiro atoms. The molecule has 1 amide bonds. The Morgan fingerprint density at radius 1 is 1.07 bits per heavy atom. The number of amides is 1. The number of amidine groups is 1. The number of hydroxylamine groups is 1. The van der Waals surface area contributed by atoms with E-state index in [0.717, 1.165) is 5.56 Å². The Morgan fingerprint density at radius 3 is 2.61 bits per heavy atom. The number of carbonyl (C=O) groups is 1. The summed E-state index contributed by atoms with van der Waals surface area (Å²) in [6.07, 6.45) is 1.24. The van der Waals surface area contributed by atoms with Gasteiger partial charge in [0.2, 0.25) is 6.79 Å². The molecule has 0 unspecified atom stereocenters. The van der Waals surface area contributed by atoms with Gasteiger partial charge in [-0.05, 0) is 42.5 Å². The van der Waals surface area contributed by atoms with Gasteiger partial charge in [0, 0.05) is 42.1 Å². The highest BCUT2D eigenvalue weighted by Gasteiger charge is 2.41. The summed E-state index contributed by atoms with van der Waals surface area (Å²) < 4.78 is 10.7. The molecule has 3 aliphatic heterocycles. The van der Waals surface area contributed by atoms with E-state index in [1.54, 1.807) is 18.2 Å². The summed E-state index contributed by atoms with van der Waals surface area (Å²) >= 11 is 5.94. The number of nitrogens with one attached hydrogen (secondary N) is 1.